The normalized spacial score (nSPS) is 16.8. The fourth-order valence-electron chi connectivity index (χ4n) is 6.00. The maximum Gasteiger partial charge on any atom is 0.329 e. The van der Waals surface area contributed by atoms with Gasteiger partial charge >= 0.3 is 11.9 Å². The standard InChI is InChI=1S/C21H31NO5Si.C20H29NO6Si/c1-15-12-17(21(24)25-3)22(13-15)20(23)19-16(2)8-7-9-18(19)27-14-26-10-11-28(4,5)6;1-14-7-6-8-17(27-13-26-9-10-28(3,4)5)18(14)19(23)21-12-15(22)11-16(21)20(24)25-2/h7-9,13,17H,10-12,14H2,1-6H3;6-8,16H,9-13H2,1-5H3/t17-;16-/m00/s1. The number of carbonyl (C=O) groups is 5. The van der Waals surface area contributed by atoms with E-state index in [9.17, 15) is 24.0 Å². The molecule has 1 saturated heterocycles. The van der Waals surface area contributed by atoms with E-state index in [4.69, 9.17) is 28.4 Å². The van der Waals surface area contributed by atoms with Gasteiger partial charge in [0.15, 0.2) is 19.4 Å². The van der Waals surface area contributed by atoms with Gasteiger partial charge in [-0.25, -0.2) is 9.59 Å². The van der Waals surface area contributed by atoms with Crippen LogP contribution in [-0.4, -0.2) is 115 Å². The molecule has 0 bridgehead atoms. The lowest BCUT2D eigenvalue weighted by Crippen LogP contribution is -2.41. The van der Waals surface area contributed by atoms with E-state index in [0.29, 0.717) is 47.8 Å². The summed E-state index contributed by atoms with van der Waals surface area (Å²) >= 11 is 0. The Morgan fingerprint density at radius 3 is 1.61 bits per heavy atom. The number of amides is 2. The van der Waals surface area contributed by atoms with Crippen LogP contribution in [0.15, 0.2) is 48.2 Å². The van der Waals surface area contributed by atoms with Gasteiger partial charge in [-0.05, 0) is 56.1 Å². The molecule has 15 heteroatoms. The fourth-order valence-corrected chi connectivity index (χ4v) is 7.51. The van der Waals surface area contributed by atoms with Crippen molar-refractivity contribution in [2.24, 2.45) is 0 Å². The van der Waals surface area contributed by atoms with E-state index in [0.717, 1.165) is 23.2 Å². The Morgan fingerprint density at radius 2 is 1.14 bits per heavy atom. The van der Waals surface area contributed by atoms with Crippen LogP contribution in [-0.2, 0) is 33.3 Å². The van der Waals surface area contributed by atoms with E-state index in [1.807, 2.05) is 26.0 Å². The van der Waals surface area contributed by atoms with E-state index >= 15 is 0 Å². The first-order chi connectivity index (χ1) is 26.3. The molecule has 0 spiro atoms. The van der Waals surface area contributed by atoms with Crippen LogP contribution in [0.5, 0.6) is 11.5 Å². The van der Waals surface area contributed by atoms with Gasteiger partial charge < -0.3 is 38.2 Å². The highest BCUT2D eigenvalue weighted by atomic mass is 28.3. The zero-order valence-corrected chi connectivity index (χ0v) is 36.9. The molecule has 0 saturated carbocycles. The second kappa shape index (κ2) is 20.7. The van der Waals surface area contributed by atoms with Gasteiger partial charge in [0.05, 0.1) is 31.9 Å². The summed E-state index contributed by atoms with van der Waals surface area (Å²) in [5, 5.41) is 0. The van der Waals surface area contributed by atoms with Gasteiger partial charge in [0.2, 0.25) is 0 Å². The lowest BCUT2D eigenvalue weighted by atomic mass is 10.1. The van der Waals surface area contributed by atoms with Crippen LogP contribution < -0.4 is 9.47 Å². The van der Waals surface area contributed by atoms with Crippen molar-refractivity contribution < 1.29 is 52.4 Å². The summed E-state index contributed by atoms with van der Waals surface area (Å²) in [5.41, 5.74) is 3.21. The van der Waals surface area contributed by atoms with E-state index < -0.39 is 46.1 Å². The summed E-state index contributed by atoms with van der Waals surface area (Å²) in [6.07, 6.45) is 2.16. The van der Waals surface area contributed by atoms with Crippen molar-refractivity contribution in [2.45, 2.75) is 97.1 Å². The number of hydrogen-bond donors (Lipinski definition) is 0. The van der Waals surface area contributed by atoms with Gasteiger partial charge in [-0.3, -0.25) is 14.4 Å². The van der Waals surface area contributed by atoms with Crippen molar-refractivity contribution in [3.8, 4) is 11.5 Å². The molecule has 1 fully saturated rings. The number of hydrogen-bond acceptors (Lipinski definition) is 11. The molecule has 0 aromatic heterocycles. The SMILES string of the molecule is COC(=O)[C@@H]1CC(=O)CN1C(=O)c1c(C)cccc1OCOCC[Si](C)(C)C.COC(=O)[C@@H]1CC(C)=CN1C(=O)c1c(C)cccc1OCOCC[Si](C)(C)C. The molecular weight excluding hydrogens is 753 g/mol. The summed E-state index contributed by atoms with van der Waals surface area (Å²) in [7, 11) is 0.226. The van der Waals surface area contributed by atoms with Crippen molar-refractivity contribution in [3.05, 3.63) is 70.4 Å². The zero-order chi connectivity index (χ0) is 41.8. The highest BCUT2D eigenvalue weighted by Crippen LogP contribution is 2.30. The van der Waals surface area contributed by atoms with Crippen molar-refractivity contribution in [1.82, 2.24) is 9.80 Å². The number of ketones is 1. The van der Waals surface area contributed by atoms with Gasteiger partial charge in [0.25, 0.3) is 11.8 Å². The van der Waals surface area contributed by atoms with Gasteiger partial charge in [-0.15, -0.1) is 0 Å². The molecule has 2 aromatic carbocycles. The largest absolute Gasteiger partial charge is 0.467 e. The number of nitrogens with zero attached hydrogens (tertiary/aromatic N) is 2. The third kappa shape index (κ3) is 13.4. The predicted octanol–water partition coefficient (Wildman–Crippen LogP) is 6.62. The molecule has 13 nitrogen and oxygen atoms in total. The van der Waals surface area contributed by atoms with Gasteiger partial charge in [-0.1, -0.05) is 69.1 Å². The first-order valence-corrected chi connectivity index (χ1v) is 26.3. The number of likely N-dealkylation sites (tertiary alicyclic amines) is 1. The molecule has 2 heterocycles. The quantitative estimate of drug-likeness (QED) is 0.0780. The van der Waals surface area contributed by atoms with Gasteiger partial charge in [-0.2, -0.15) is 0 Å². The zero-order valence-electron chi connectivity index (χ0n) is 34.9. The summed E-state index contributed by atoms with van der Waals surface area (Å²) in [5.74, 6) is -1.05. The fraction of sp³-hybridized carbons (Fsp3) is 0.537. The summed E-state index contributed by atoms with van der Waals surface area (Å²) in [6.45, 7) is 20.5. The van der Waals surface area contributed by atoms with Gasteiger partial charge in [0, 0.05) is 48.4 Å². The Morgan fingerprint density at radius 1 is 0.679 bits per heavy atom. The van der Waals surface area contributed by atoms with E-state index in [2.05, 4.69) is 39.3 Å². The Balaban J connectivity index is 0.000000300. The number of methoxy groups -OCH3 is 2. The minimum Gasteiger partial charge on any atom is -0.467 e. The maximum atomic E-state index is 13.2. The topological polar surface area (TPSA) is 147 Å². The number of esters is 2. The summed E-state index contributed by atoms with van der Waals surface area (Å²) in [4.78, 5) is 65.0. The van der Waals surface area contributed by atoms with Crippen molar-refractivity contribution in [3.63, 3.8) is 0 Å². The number of benzene rings is 2. The summed E-state index contributed by atoms with van der Waals surface area (Å²) in [6, 6.07) is 11.2. The molecule has 4 rings (SSSR count). The maximum absolute atomic E-state index is 13.2. The minimum absolute atomic E-state index is 0.0275. The average molecular weight is 813 g/mol. The molecule has 2 aliphatic rings. The molecule has 0 radical (unpaired) electrons. The first-order valence-electron chi connectivity index (χ1n) is 18.9. The van der Waals surface area contributed by atoms with Crippen LogP contribution in [0.4, 0.5) is 0 Å². The smallest absolute Gasteiger partial charge is 0.329 e. The molecule has 0 N–H and O–H groups in total. The lowest BCUT2D eigenvalue weighted by Gasteiger charge is -2.24. The Labute approximate surface area is 333 Å². The molecule has 0 unspecified atom stereocenters. The van der Waals surface area contributed by atoms with Crippen molar-refractivity contribution in [2.75, 3.05) is 47.6 Å². The molecule has 2 aromatic rings. The molecule has 308 valence electrons. The second-order valence-corrected chi connectivity index (χ2v) is 27.7. The molecule has 2 atom stereocenters. The second-order valence-electron chi connectivity index (χ2n) is 16.5. The van der Waals surface area contributed by atoms with Gasteiger partial charge in [0.1, 0.15) is 23.6 Å². The number of rotatable bonds is 16. The number of ether oxygens (including phenoxy) is 6. The summed E-state index contributed by atoms with van der Waals surface area (Å²) < 4.78 is 32.3. The van der Waals surface area contributed by atoms with Crippen LogP contribution in [0.3, 0.4) is 0 Å². The van der Waals surface area contributed by atoms with Crippen molar-refractivity contribution >= 4 is 45.7 Å². The Bertz CT molecular complexity index is 1750. The van der Waals surface area contributed by atoms with Crippen LogP contribution in [0.2, 0.25) is 51.4 Å². The first kappa shape index (κ1) is 46.1. The van der Waals surface area contributed by atoms with Crippen LogP contribution in [0, 0.1) is 13.8 Å². The highest BCUT2D eigenvalue weighted by molar-refractivity contribution is 6.76. The van der Waals surface area contributed by atoms with Crippen LogP contribution >= 0.6 is 0 Å². The van der Waals surface area contributed by atoms with E-state index in [1.165, 1.54) is 24.0 Å². The predicted molar refractivity (Wildman–Crippen MR) is 218 cm³/mol. The highest BCUT2D eigenvalue weighted by Gasteiger charge is 2.41. The third-order valence-corrected chi connectivity index (χ3v) is 12.7. The van der Waals surface area contributed by atoms with E-state index in [-0.39, 0.29) is 38.2 Å². The molecule has 2 amide bonds. The molecular formula is C41H60N2O11Si2. The molecule has 2 aliphatic heterocycles. The number of Topliss-reactive ketones (excluding diaryl/α,β-unsaturated/α-hetero) is 1. The van der Waals surface area contributed by atoms with Crippen LogP contribution in [0.25, 0.3) is 0 Å². The monoisotopic (exact) mass is 812 g/mol. The van der Waals surface area contributed by atoms with Crippen LogP contribution in [0.1, 0.15) is 51.6 Å². The minimum atomic E-state index is -1.19. The number of aryl methyl sites for hydroxylation is 2. The van der Waals surface area contributed by atoms with Crippen molar-refractivity contribution in [1.29, 1.82) is 0 Å². The average Bonchev–Trinajstić information content (AvgIpc) is 3.72. The molecule has 0 aliphatic carbocycles. The van der Waals surface area contributed by atoms with E-state index in [1.54, 1.807) is 37.4 Å². The Hall–Kier alpha value is -4.32. The lowest BCUT2D eigenvalue weighted by molar-refractivity contribution is -0.145. The number of carbonyl (C=O) groups excluding carboxylic acids is 5. The third-order valence-electron chi connectivity index (χ3n) is 9.28. The molecule has 56 heavy (non-hydrogen) atoms. The Kier molecular flexibility index (Phi) is 17.1.